The Kier molecular flexibility index (Phi) is 4.09. The highest BCUT2D eigenvalue weighted by Gasteiger charge is 2.29. The van der Waals surface area contributed by atoms with Crippen LogP contribution in [0.5, 0.6) is 0 Å². The summed E-state index contributed by atoms with van der Waals surface area (Å²) in [5.74, 6) is -0.406. The van der Waals surface area contributed by atoms with E-state index in [1.165, 1.54) is 0 Å². The molecule has 0 bridgehead atoms. The number of hydrogen-bond donors (Lipinski definition) is 2. The summed E-state index contributed by atoms with van der Waals surface area (Å²) in [7, 11) is 0. The zero-order valence-electron chi connectivity index (χ0n) is 10.3. The van der Waals surface area contributed by atoms with Crippen LogP contribution in [0.3, 0.4) is 0 Å². The quantitative estimate of drug-likeness (QED) is 0.883. The van der Waals surface area contributed by atoms with Crippen LogP contribution in [0.25, 0.3) is 0 Å². The van der Waals surface area contributed by atoms with Gasteiger partial charge in [-0.15, -0.1) is 0 Å². The molecule has 0 fully saturated rings. The molecule has 2 N–H and O–H groups in total. The average Bonchev–Trinajstić information content (AvgIpc) is 2.36. The Morgan fingerprint density at radius 1 is 1.37 bits per heavy atom. The summed E-state index contributed by atoms with van der Waals surface area (Å²) in [6, 6.07) is 6.92. The highest BCUT2D eigenvalue weighted by molar-refractivity contribution is 5.83. The summed E-state index contributed by atoms with van der Waals surface area (Å²) in [6.07, 6.45) is -4.43. The van der Waals surface area contributed by atoms with Crippen molar-refractivity contribution in [3.05, 3.63) is 35.4 Å². The first-order valence-corrected chi connectivity index (χ1v) is 6.13. The highest BCUT2D eigenvalue weighted by atomic mass is 19.4. The summed E-state index contributed by atoms with van der Waals surface area (Å²) >= 11 is 0. The van der Waals surface area contributed by atoms with E-state index in [9.17, 15) is 18.0 Å². The van der Waals surface area contributed by atoms with Gasteiger partial charge >= 0.3 is 6.18 Å². The molecule has 1 aliphatic heterocycles. The highest BCUT2D eigenvalue weighted by Crippen LogP contribution is 2.23. The molecular formula is C13H15F3N2O. The van der Waals surface area contributed by atoms with Crippen LogP contribution in [0.2, 0.25) is 0 Å². The van der Waals surface area contributed by atoms with E-state index in [1.54, 1.807) is 0 Å². The number of amides is 1. The average molecular weight is 272 g/mol. The van der Waals surface area contributed by atoms with Gasteiger partial charge in [-0.3, -0.25) is 4.79 Å². The third-order valence-corrected chi connectivity index (χ3v) is 3.08. The number of halogens is 3. The fourth-order valence-corrected chi connectivity index (χ4v) is 2.17. The molecule has 1 heterocycles. The lowest BCUT2D eigenvalue weighted by Crippen LogP contribution is -2.42. The molecule has 0 aromatic heterocycles. The molecule has 0 spiro atoms. The Morgan fingerprint density at radius 2 is 2.11 bits per heavy atom. The van der Waals surface area contributed by atoms with E-state index in [0.29, 0.717) is 6.54 Å². The molecule has 6 heteroatoms. The van der Waals surface area contributed by atoms with Gasteiger partial charge in [0, 0.05) is 13.1 Å². The molecule has 0 saturated carbocycles. The van der Waals surface area contributed by atoms with E-state index in [4.69, 9.17) is 0 Å². The van der Waals surface area contributed by atoms with Crippen LogP contribution in [0.4, 0.5) is 13.2 Å². The van der Waals surface area contributed by atoms with E-state index >= 15 is 0 Å². The SMILES string of the molecule is O=C(NCCC(F)(F)F)[C@H]1NCCc2ccccc21. The zero-order valence-corrected chi connectivity index (χ0v) is 10.3. The number of nitrogens with one attached hydrogen (secondary N) is 2. The topological polar surface area (TPSA) is 41.1 Å². The third kappa shape index (κ3) is 3.70. The molecule has 1 aliphatic rings. The van der Waals surface area contributed by atoms with E-state index in [0.717, 1.165) is 17.5 Å². The molecular weight excluding hydrogens is 257 g/mol. The molecule has 19 heavy (non-hydrogen) atoms. The summed E-state index contributed by atoms with van der Waals surface area (Å²) in [5.41, 5.74) is 1.91. The van der Waals surface area contributed by atoms with Gasteiger partial charge in [0.25, 0.3) is 0 Å². The molecule has 0 radical (unpaired) electrons. The van der Waals surface area contributed by atoms with Gasteiger partial charge < -0.3 is 10.6 Å². The van der Waals surface area contributed by atoms with Gasteiger partial charge in [-0.1, -0.05) is 24.3 Å². The minimum atomic E-state index is -4.24. The Morgan fingerprint density at radius 3 is 2.84 bits per heavy atom. The van der Waals surface area contributed by atoms with Crippen LogP contribution in [0.15, 0.2) is 24.3 Å². The number of benzene rings is 1. The number of carbonyl (C=O) groups excluding carboxylic acids is 1. The van der Waals surface area contributed by atoms with Crippen molar-refractivity contribution in [1.29, 1.82) is 0 Å². The number of alkyl halides is 3. The lowest BCUT2D eigenvalue weighted by atomic mass is 9.94. The van der Waals surface area contributed by atoms with Crippen molar-refractivity contribution in [3.8, 4) is 0 Å². The molecule has 1 aromatic rings. The molecule has 0 unspecified atom stereocenters. The van der Waals surface area contributed by atoms with E-state index in [1.807, 2.05) is 24.3 Å². The number of fused-ring (bicyclic) bond motifs is 1. The maximum Gasteiger partial charge on any atom is 0.390 e. The van der Waals surface area contributed by atoms with Gasteiger partial charge in [-0.2, -0.15) is 13.2 Å². The van der Waals surface area contributed by atoms with Crippen molar-refractivity contribution >= 4 is 5.91 Å². The van der Waals surface area contributed by atoms with Crippen molar-refractivity contribution in [3.63, 3.8) is 0 Å². The summed E-state index contributed by atoms with van der Waals surface area (Å²) in [5, 5.41) is 5.36. The second kappa shape index (κ2) is 5.61. The Labute approximate surface area is 109 Å². The largest absolute Gasteiger partial charge is 0.390 e. The third-order valence-electron chi connectivity index (χ3n) is 3.08. The molecule has 1 amide bonds. The second-order valence-corrected chi connectivity index (χ2v) is 4.49. The predicted octanol–water partition coefficient (Wildman–Crippen LogP) is 1.94. The first-order chi connectivity index (χ1) is 8.97. The smallest absolute Gasteiger partial charge is 0.354 e. The van der Waals surface area contributed by atoms with Crippen molar-refractivity contribution < 1.29 is 18.0 Å². The Bertz CT molecular complexity index is 459. The number of hydrogen-bond acceptors (Lipinski definition) is 2. The van der Waals surface area contributed by atoms with Gasteiger partial charge in [0.1, 0.15) is 6.04 Å². The zero-order chi connectivity index (χ0) is 13.9. The normalized spacial score (nSPS) is 18.8. The minimum absolute atomic E-state index is 0.386. The van der Waals surface area contributed by atoms with Gasteiger partial charge in [-0.25, -0.2) is 0 Å². The molecule has 0 saturated heterocycles. The van der Waals surface area contributed by atoms with E-state index < -0.39 is 24.5 Å². The molecule has 2 rings (SSSR count). The van der Waals surface area contributed by atoms with Crippen LogP contribution >= 0.6 is 0 Å². The van der Waals surface area contributed by atoms with Crippen LogP contribution in [0, 0.1) is 0 Å². The van der Waals surface area contributed by atoms with Gasteiger partial charge in [0.2, 0.25) is 5.91 Å². The second-order valence-electron chi connectivity index (χ2n) is 4.49. The van der Waals surface area contributed by atoms with Crippen LogP contribution in [-0.4, -0.2) is 25.2 Å². The van der Waals surface area contributed by atoms with Crippen LogP contribution < -0.4 is 10.6 Å². The minimum Gasteiger partial charge on any atom is -0.354 e. The van der Waals surface area contributed by atoms with Gasteiger partial charge in [-0.05, 0) is 17.5 Å². The van der Waals surface area contributed by atoms with E-state index in [2.05, 4.69) is 10.6 Å². The molecule has 104 valence electrons. The first-order valence-electron chi connectivity index (χ1n) is 6.13. The van der Waals surface area contributed by atoms with Crippen molar-refractivity contribution in [1.82, 2.24) is 10.6 Å². The molecule has 1 atom stereocenters. The Balaban J connectivity index is 1.97. The van der Waals surface area contributed by atoms with Gasteiger partial charge in [0.05, 0.1) is 6.42 Å². The fourth-order valence-electron chi connectivity index (χ4n) is 2.17. The molecule has 1 aromatic carbocycles. The Hall–Kier alpha value is -1.56. The fraction of sp³-hybridized carbons (Fsp3) is 0.462. The van der Waals surface area contributed by atoms with Crippen LogP contribution in [-0.2, 0) is 11.2 Å². The number of rotatable bonds is 3. The summed E-state index contributed by atoms with van der Waals surface area (Å²) in [4.78, 5) is 11.9. The maximum absolute atomic E-state index is 12.0. The lowest BCUT2D eigenvalue weighted by Gasteiger charge is -2.26. The predicted molar refractivity (Wildman–Crippen MR) is 64.6 cm³/mol. The lowest BCUT2D eigenvalue weighted by molar-refractivity contribution is -0.136. The van der Waals surface area contributed by atoms with E-state index in [-0.39, 0.29) is 6.54 Å². The number of carbonyl (C=O) groups is 1. The maximum atomic E-state index is 12.0. The molecule has 3 nitrogen and oxygen atoms in total. The standard InChI is InChI=1S/C13H15F3N2O/c14-13(15,16)6-8-18-12(19)11-10-4-2-1-3-9(10)5-7-17-11/h1-4,11,17H,5-8H2,(H,18,19)/t11-/m0/s1. The molecule has 0 aliphatic carbocycles. The van der Waals surface area contributed by atoms with Crippen LogP contribution in [0.1, 0.15) is 23.6 Å². The van der Waals surface area contributed by atoms with Crippen molar-refractivity contribution in [2.45, 2.75) is 25.1 Å². The monoisotopic (exact) mass is 272 g/mol. The first kappa shape index (κ1) is 13.9. The summed E-state index contributed by atoms with van der Waals surface area (Å²) in [6.45, 7) is 0.261. The van der Waals surface area contributed by atoms with Crippen molar-refractivity contribution in [2.24, 2.45) is 0 Å². The van der Waals surface area contributed by atoms with Crippen molar-refractivity contribution in [2.75, 3.05) is 13.1 Å². The summed E-state index contributed by atoms with van der Waals surface area (Å²) < 4.78 is 36.1. The van der Waals surface area contributed by atoms with Gasteiger partial charge in [0.15, 0.2) is 0 Å².